The number of nitrogens with one attached hydrogen (secondary N) is 1. The van der Waals surface area contributed by atoms with Crippen LogP contribution in [0.1, 0.15) is 28.6 Å². The number of aromatic nitrogens is 2. The molecule has 1 aliphatic rings. The molecule has 1 unspecified atom stereocenters. The lowest BCUT2D eigenvalue weighted by Crippen LogP contribution is -2.31. The number of rotatable bonds is 2. The fourth-order valence-corrected chi connectivity index (χ4v) is 2.87. The van der Waals surface area contributed by atoms with Crippen LogP contribution in [0.3, 0.4) is 0 Å². The highest BCUT2D eigenvalue weighted by Gasteiger charge is 2.21. The maximum Gasteiger partial charge on any atom is 0.115 e. The Bertz CT molecular complexity index is 603. The van der Waals surface area contributed by atoms with Crippen LogP contribution in [0.4, 0.5) is 0 Å². The molecule has 19 heavy (non-hydrogen) atoms. The first-order chi connectivity index (χ1) is 9.13. The molecule has 0 amide bonds. The molecular weight excluding hydrogens is 238 g/mol. The first kappa shape index (κ1) is 12.2. The molecule has 1 aromatic carbocycles. The molecule has 0 bridgehead atoms. The van der Waals surface area contributed by atoms with Gasteiger partial charge in [0, 0.05) is 25.2 Å². The maximum absolute atomic E-state index is 9.69. The van der Waals surface area contributed by atoms with Crippen molar-refractivity contribution in [2.45, 2.75) is 25.8 Å². The van der Waals surface area contributed by atoms with Gasteiger partial charge in [-0.25, -0.2) is 0 Å². The molecule has 1 aromatic heterocycles. The maximum atomic E-state index is 9.69. The first-order valence-electron chi connectivity index (χ1n) is 6.68. The summed E-state index contributed by atoms with van der Waals surface area (Å²) in [4.78, 5) is 0. The second-order valence-corrected chi connectivity index (χ2v) is 5.24. The van der Waals surface area contributed by atoms with Gasteiger partial charge in [-0.1, -0.05) is 6.07 Å². The van der Waals surface area contributed by atoms with E-state index in [1.807, 2.05) is 30.8 Å². The molecule has 0 spiro atoms. The fraction of sp³-hybridized carbons (Fsp3) is 0.400. The van der Waals surface area contributed by atoms with Crippen molar-refractivity contribution in [3.63, 3.8) is 0 Å². The zero-order valence-electron chi connectivity index (χ0n) is 11.3. The predicted molar refractivity (Wildman–Crippen MR) is 74.2 cm³/mol. The molecular formula is C15H19N3O. The summed E-state index contributed by atoms with van der Waals surface area (Å²) in [6.45, 7) is 3.00. The van der Waals surface area contributed by atoms with Gasteiger partial charge in [-0.3, -0.25) is 4.68 Å². The zero-order chi connectivity index (χ0) is 13.4. The van der Waals surface area contributed by atoms with Crippen molar-refractivity contribution in [2.75, 3.05) is 6.54 Å². The fourth-order valence-electron chi connectivity index (χ4n) is 2.87. The van der Waals surface area contributed by atoms with E-state index in [4.69, 9.17) is 0 Å². The minimum absolute atomic E-state index is 0.255. The molecule has 2 N–H and O–H groups in total. The number of fused-ring (bicyclic) bond motifs is 1. The second-order valence-electron chi connectivity index (χ2n) is 5.24. The van der Waals surface area contributed by atoms with E-state index in [2.05, 4.69) is 16.5 Å². The molecule has 4 heteroatoms. The van der Waals surface area contributed by atoms with Crippen LogP contribution in [-0.2, 0) is 19.9 Å². The quantitative estimate of drug-likeness (QED) is 0.863. The monoisotopic (exact) mass is 257 g/mol. The van der Waals surface area contributed by atoms with E-state index in [-0.39, 0.29) is 6.04 Å². The van der Waals surface area contributed by atoms with Gasteiger partial charge in [0.25, 0.3) is 0 Å². The van der Waals surface area contributed by atoms with Gasteiger partial charge >= 0.3 is 0 Å². The highest BCUT2D eigenvalue weighted by atomic mass is 16.3. The SMILES string of the molecule is Cc1cc(CC2NCCc3ccc(O)cc32)n(C)n1. The van der Waals surface area contributed by atoms with Crippen LogP contribution in [0.25, 0.3) is 0 Å². The standard InChI is InChI=1S/C15H19N3O/c1-10-7-12(18(2)17-10)8-15-14-9-13(19)4-3-11(14)5-6-16-15/h3-4,7,9,15-16,19H,5-6,8H2,1-2H3. The Morgan fingerprint density at radius 2 is 2.26 bits per heavy atom. The lowest BCUT2D eigenvalue weighted by atomic mass is 9.91. The van der Waals surface area contributed by atoms with E-state index in [1.165, 1.54) is 16.8 Å². The smallest absolute Gasteiger partial charge is 0.115 e. The Labute approximate surface area is 113 Å². The summed E-state index contributed by atoms with van der Waals surface area (Å²) in [5, 5.41) is 17.6. The van der Waals surface area contributed by atoms with Crippen molar-refractivity contribution < 1.29 is 5.11 Å². The van der Waals surface area contributed by atoms with Crippen LogP contribution in [0.2, 0.25) is 0 Å². The molecule has 4 nitrogen and oxygen atoms in total. The average molecular weight is 257 g/mol. The number of aromatic hydroxyl groups is 1. The van der Waals surface area contributed by atoms with Gasteiger partial charge in [0.2, 0.25) is 0 Å². The molecule has 0 aliphatic carbocycles. The van der Waals surface area contributed by atoms with Crippen molar-refractivity contribution in [3.8, 4) is 5.75 Å². The number of aryl methyl sites for hydroxylation is 2. The van der Waals surface area contributed by atoms with Crippen LogP contribution < -0.4 is 5.32 Å². The minimum Gasteiger partial charge on any atom is -0.508 e. The Balaban J connectivity index is 1.91. The number of hydrogen-bond acceptors (Lipinski definition) is 3. The van der Waals surface area contributed by atoms with Crippen molar-refractivity contribution in [3.05, 3.63) is 46.8 Å². The summed E-state index contributed by atoms with van der Waals surface area (Å²) in [6.07, 6.45) is 1.92. The van der Waals surface area contributed by atoms with E-state index < -0.39 is 0 Å². The summed E-state index contributed by atoms with van der Waals surface area (Å²) >= 11 is 0. The molecule has 2 aromatic rings. The van der Waals surface area contributed by atoms with Gasteiger partial charge in [0.05, 0.1) is 5.69 Å². The molecule has 1 atom stereocenters. The third-order valence-corrected chi connectivity index (χ3v) is 3.80. The molecule has 2 heterocycles. The molecule has 100 valence electrons. The van der Waals surface area contributed by atoms with Crippen molar-refractivity contribution in [2.24, 2.45) is 7.05 Å². The van der Waals surface area contributed by atoms with Crippen LogP contribution in [0.15, 0.2) is 24.3 Å². The van der Waals surface area contributed by atoms with Crippen LogP contribution in [-0.4, -0.2) is 21.4 Å². The summed E-state index contributed by atoms with van der Waals surface area (Å²) in [5.74, 6) is 0.341. The van der Waals surface area contributed by atoms with Gasteiger partial charge in [-0.2, -0.15) is 5.10 Å². The van der Waals surface area contributed by atoms with E-state index in [1.54, 1.807) is 6.07 Å². The third kappa shape index (κ3) is 2.36. The molecule has 3 rings (SSSR count). The average Bonchev–Trinajstić information content (AvgIpc) is 2.69. The molecule has 0 fully saturated rings. The highest BCUT2D eigenvalue weighted by Crippen LogP contribution is 2.28. The van der Waals surface area contributed by atoms with E-state index in [0.29, 0.717) is 5.75 Å². The normalized spacial score (nSPS) is 18.3. The number of nitrogens with zero attached hydrogens (tertiary/aromatic N) is 2. The predicted octanol–water partition coefficient (Wildman–Crippen LogP) is 1.86. The van der Waals surface area contributed by atoms with E-state index in [9.17, 15) is 5.11 Å². The van der Waals surface area contributed by atoms with Gasteiger partial charge in [0.15, 0.2) is 0 Å². The van der Waals surface area contributed by atoms with Crippen LogP contribution in [0, 0.1) is 6.92 Å². The minimum atomic E-state index is 0.255. The second kappa shape index (κ2) is 4.70. The Kier molecular flexibility index (Phi) is 3.03. The number of phenols is 1. The summed E-state index contributed by atoms with van der Waals surface area (Å²) < 4.78 is 1.94. The molecule has 0 saturated carbocycles. The van der Waals surface area contributed by atoms with E-state index in [0.717, 1.165) is 25.1 Å². The number of hydrogen-bond donors (Lipinski definition) is 2. The summed E-state index contributed by atoms with van der Waals surface area (Å²) in [6, 6.07) is 8.07. The number of benzene rings is 1. The lowest BCUT2D eigenvalue weighted by Gasteiger charge is -2.27. The van der Waals surface area contributed by atoms with Crippen molar-refractivity contribution in [1.82, 2.24) is 15.1 Å². The number of phenolic OH excluding ortho intramolecular Hbond substituents is 1. The van der Waals surface area contributed by atoms with Gasteiger partial charge < -0.3 is 10.4 Å². The van der Waals surface area contributed by atoms with Gasteiger partial charge in [0.1, 0.15) is 5.75 Å². The largest absolute Gasteiger partial charge is 0.508 e. The van der Waals surface area contributed by atoms with Crippen LogP contribution >= 0.6 is 0 Å². The molecule has 0 radical (unpaired) electrons. The zero-order valence-corrected chi connectivity index (χ0v) is 11.3. The van der Waals surface area contributed by atoms with Gasteiger partial charge in [-0.15, -0.1) is 0 Å². The summed E-state index contributed by atoms with van der Waals surface area (Å²) in [7, 11) is 1.98. The lowest BCUT2D eigenvalue weighted by molar-refractivity contribution is 0.460. The molecule has 0 saturated heterocycles. The van der Waals surface area contributed by atoms with Crippen molar-refractivity contribution in [1.29, 1.82) is 0 Å². The first-order valence-corrected chi connectivity index (χ1v) is 6.68. The van der Waals surface area contributed by atoms with Crippen molar-refractivity contribution >= 4 is 0 Å². The Morgan fingerprint density at radius 1 is 1.42 bits per heavy atom. The topological polar surface area (TPSA) is 50.1 Å². The van der Waals surface area contributed by atoms with E-state index >= 15 is 0 Å². The third-order valence-electron chi connectivity index (χ3n) is 3.80. The Morgan fingerprint density at radius 3 is 3.00 bits per heavy atom. The Hall–Kier alpha value is -1.81. The summed E-state index contributed by atoms with van der Waals surface area (Å²) in [5.41, 5.74) is 4.81. The van der Waals surface area contributed by atoms with Crippen LogP contribution in [0.5, 0.6) is 5.75 Å². The highest BCUT2D eigenvalue weighted by molar-refractivity contribution is 5.39. The van der Waals surface area contributed by atoms with Gasteiger partial charge in [-0.05, 0) is 49.2 Å². The molecule has 1 aliphatic heterocycles.